The van der Waals surface area contributed by atoms with Crippen LogP contribution in [0.5, 0.6) is 5.75 Å². The molecule has 8 heteroatoms. The molecule has 2 amide bonds. The van der Waals surface area contributed by atoms with Crippen LogP contribution in [0.2, 0.25) is 0 Å². The number of carbonyl (C=O) groups excluding carboxylic acids is 2. The summed E-state index contributed by atoms with van der Waals surface area (Å²) in [5.41, 5.74) is 1.97. The van der Waals surface area contributed by atoms with Gasteiger partial charge in [-0.25, -0.2) is 0 Å². The van der Waals surface area contributed by atoms with Gasteiger partial charge in [-0.05, 0) is 30.3 Å². The van der Waals surface area contributed by atoms with E-state index in [-0.39, 0.29) is 24.3 Å². The standard InChI is InChI=1S/C20H24N4O4/c1-24-16(11-19(25)23-15-4-3-7-21-12-15)13-28-18-6-5-14(10-17(18)24)20(26)22-8-9-27-2/h3-7,10,12,16H,8-9,11,13H2,1-2H3,(H,22,26)(H,23,25)/t16-/m0/s1. The summed E-state index contributed by atoms with van der Waals surface area (Å²) in [4.78, 5) is 30.6. The summed E-state index contributed by atoms with van der Waals surface area (Å²) in [5.74, 6) is 0.398. The van der Waals surface area contributed by atoms with Gasteiger partial charge in [-0.1, -0.05) is 0 Å². The maximum Gasteiger partial charge on any atom is 0.251 e. The number of fused-ring (bicyclic) bond motifs is 1. The smallest absolute Gasteiger partial charge is 0.251 e. The van der Waals surface area contributed by atoms with Gasteiger partial charge in [0.25, 0.3) is 5.91 Å². The fourth-order valence-electron chi connectivity index (χ4n) is 2.98. The molecule has 8 nitrogen and oxygen atoms in total. The molecule has 2 heterocycles. The minimum absolute atomic E-state index is 0.120. The van der Waals surface area contributed by atoms with Crippen LogP contribution < -0.4 is 20.3 Å². The van der Waals surface area contributed by atoms with Crippen LogP contribution in [0.4, 0.5) is 11.4 Å². The number of pyridine rings is 1. The fraction of sp³-hybridized carbons (Fsp3) is 0.350. The Kier molecular flexibility index (Phi) is 6.44. The Morgan fingerprint density at radius 3 is 2.96 bits per heavy atom. The highest BCUT2D eigenvalue weighted by Crippen LogP contribution is 2.34. The van der Waals surface area contributed by atoms with Gasteiger partial charge in [-0.3, -0.25) is 14.6 Å². The van der Waals surface area contributed by atoms with Crippen LogP contribution in [0.25, 0.3) is 0 Å². The van der Waals surface area contributed by atoms with Gasteiger partial charge in [-0.2, -0.15) is 0 Å². The van der Waals surface area contributed by atoms with E-state index >= 15 is 0 Å². The van der Waals surface area contributed by atoms with Gasteiger partial charge in [0.1, 0.15) is 12.4 Å². The molecule has 1 aromatic carbocycles. The third kappa shape index (κ3) is 4.77. The Labute approximate surface area is 163 Å². The Balaban J connectivity index is 1.65. The van der Waals surface area contributed by atoms with E-state index in [1.165, 1.54) is 0 Å². The lowest BCUT2D eigenvalue weighted by molar-refractivity contribution is -0.116. The second kappa shape index (κ2) is 9.18. The topological polar surface area (TPSA) is 92.8 Å². The quantitative estimate of drug-likeness (QED) is 0.706. The molecule has 1 aliphatic rings. The average Bonchev–Trinajstić information content (AvgIpc) is 2.71. The Morgan fingerprint density at radius 2 is 2.21 bits per heavy atom. The van der Waals surface area contributed by atoms with E-state index in [2.05, 4.69) is 15.6 Å². The van der Waals surface area contributed by atoms with E-state index in [1.807, 2.05) is 11.9 Å². The molecule has 2 aromatic rings. The van der Waals surface area contributed by atoms with Crippen molar-refractivity contribution in [2.45, 2.75) is 12.5 Å². The first-order valence-electron chi connectivity index (χ1n) is 9.05. The van der Waals surface area contributed by atoms with Gasteiger partial charge >= 0.3 is 0 Å². The molecule has 2 N–H and O–H groups in total. The number of rotatable bonds is 7. The number of amides is 2. The second-order valence-electron chi connectivity index (χ2n) is 6.50. The summed E-state index contributed by atoms with van der Waals surface area (Å²) in [7, 11) is 3.48. The number of nitrogens with zero attached hydrogens (tertiary/aromatic N) is 2. The maximum absolute atomic E-state index is 12.4. The van der Waals surface area contributed by atoms with Crippen LogP contribution >= 0.6 is 0 Å². The number of hydrogen-bond acceptors (Lipinski definition) is 6. The zero-order valence-corrected chi connectivity index (χ0v) is 16.0. The number of aromatic nitrogens is 1. The molecule has 0 unspecified atom stereocenters. The van der Waals surface area contributed by atoms with Crippen molar-refractivity contribution in [2.24, 2.45) is 0 Å². The molecule has 0 fully saturated rings. The van der Waals surface area contributed by atoms with Crippen LogP contribution in [-0.2, 0) is 9.53 Å². The molecule has 0 saturated carbocycles. The number of nitrogens with one attached hydrogen (secondary N) is 2. The number of carbonyl (C=O) groups is 2. The molecular formula is C20H24N4O4. The summed E-state index contributed by atoms with van der Waals surface area (Å²) in [6, 6.07) is 8.70. The molecule has 0 aliphatic carbocycles. The number of anilines is 2. The Bertz CT molecular complexity index is 828. The molecule has 1 aliphatic heterocycles. The summed E-state index contributed by atoms with van der Waals surface area (Å²) in [5, 5.41) is 5.63. The first-order valence-corrected chi connectivity index (χ1v) is 9.05. The molecule has 0 saturated heterocycles. The highest BCUT2D eigenvalue weighted by molar-refractivity contribution is 5.96. The highest BCUT2D eigenvalue weighted by Gasteiger charge is 2.27. The van der Waals surface area contributed by atoms with Crippen LogP contribution in [0.15, 0.2) is 42.7 Å². The van der Waals surface area contributed by atoms with Gasteiger partial charge in [-0.15, -0.1) is 0 Å². The van der Waals surface area contributed by atoms with Gasteiger partial charge in [0.2, 0.25) is 5.91 Å². The molecule has 0 radical (unpaired) electrons. The summed E-state index contributed by atoms with van der Waals surface area (Å²) in [6.07, 6.45) is 3.51. The van der Waals surface area contributed by atoms with Gasteiger partial charge in [0, 0.05) is 32.5 Å². The van der Waals surface area contributed by atoms with E-state index < -0.39 is 0 Å². The fourth-order valence-corrected chi connectivity index (χ4v) is 2.98. The minimum atomic E-state index is -0.176. The van der Waals surface area contributed by atoms with Gasteiger partial charge in [0.05, 0.1) is 36.6 Å². The van der Waals surface area contributed by atoms with Crippen molar-refractivity contribution in [3.8, 4) is 5.75 Å². The van der Waals surface area contributed by atoms with Crippen molar-refractivity contribution < 1.29 is 19.1 Å². The van der Waals surface area contributed by atoms with Gasteiger partial charge in [0.15, 0.2) is 0 Å². The van der Waals surface area contributed by atoms with Crippen LogP contribution in [0, 0.1) is 0 Å². The lowest BCUT2D eigenvalue weighted by Gasteiger charge is -2.35. The maximum atomic E-state index is 12.4. The van der Waals surface area contributed by atoms with Crippen LogP contribution in [0.3, 0.4) is 0 Å². The van der Waals surface area contributed by atoms with Crippen molar-refractivity contribution in [3.63, 3.8) is 0 Å². The second-order valence-corrected chi connectivity index (χ2v) is 6.50. The molecule has 148 valence electrons. The van der Waals surface area contributed by atoms with E-state index in [1.54, 1.807) is 49.8 Å². The van der Waals surface area contributed by atoms with Crippen LogP contribution in [-0.4, -0.2) is 56.8 Å². The van der Waals surface area contributed by atoms with Crippen molar-refractivity contribution in [3.05, 3.63) is 48.3 Å². The van der Waals surface area contributed by atoms with E-state index in [0.29, 0.717) is 36.8 Å². The number of ether oxygens (including phenoxy) is 2. The number of likely N-dealkylation sites (N-methyl/N-ethyl adjacent to an activating group) is 1. The molecule has 3 rings (SSSR count). The van der Waals surface area contributed by atoms with E-state index in [9.17, 15) is 9.59 Å². The zero-order valence-electron chi connectivity index (χ0n) is 16.0. The summed E-state index contributed by atoms with van der Waals surface area (Å²) >= 11 is 0. The van der Waals surface area contributed by atoms with Gasteiger partial charge < -0.3 is 25.0 Å². The molecule has 0 bridgehead atoms. The average molecular weight is 384 g/mol. The van der Waals surface area contributed by atoms with Crippen molar-refractivity contribution in [1.82, 2.24) is 10.3 Å². The predicted molar refractivity (Wildman–Crippen MR) is 106 cm³/mol. The molecular weight excluding hydrogens is 360 g/mol. The first-order chi connectivity index (χ1) is 13.6. The molecule has 1 atom stereocenters. The van der Waals surface area contributed by atoms with Crippen molar-refractivity contribution in [1.29, 1.82) is 0 Å². The number of hydrogen-bond donors (Lipinski definition) is 2. The van der Waals surface area contributed by atoms with Crippen molar-refractivity contribution in [2.75, 3.05) is 44.1 Å². The summed E-state index contributed by atoms with van der Waals surface area (Å²) in [6.45, 7) is 1.28. The van der Waals surface area contributed by atoms with E-state index in [0.717, 1.165) is 5.69 Å². The summed E-state index contributed by atoms with van der Waals surface area (Å²) < 4.78 is 10.7. The Hall–Kier alpha value is -3.13. The molecule has 28 heavy (non-hydrogen) atoms. The first kappa shape index (κ1) is 19.6. The van der Waals surface area contributed by atoms with Crippen LogP contribution in [0.1, 0.15) is 16.8 Å². The number of methoxy groups -OCH3 is 1. The molecule has 0 spiro atoms. The van der Waals surface area contributed by atoms with E-state index in [4.69, 9.17) is 9.47 Å². The van der Waals surface area contributed by atoms with Crippen molar-refractivity contribution >= 4 is 23.2 Å². The highest BCUT2D eigenvalue weighted by atomic mass is 16.5. The monoisotopic (exact) mass is 384 g/mol. The SMILES string of the molecule is COCCNC(=O)c1ccc2c(c1)N(C)[C@@H](CC(=O)Nc1cccnc1)CO2. The lowest BCUT2D eigenvalue weighted by Crippen LogP contribution is -2.42. The molecule has 1 aromatic heterocycles. The Morgan fingerprint density at radius 1 is 1.36 bits per heavy atom. The minimum Gasteiger partial charge on any atom is -0.489 e. The largest absolute Gasteiger partial charge is 0.489 e. The zero-order chi connectivity index (χ0) is 19.9. The number of benzene rings is 1. The third-order valence-corrected chi connectivity index (χ3v) is 4.54. The lowest BCUT2D eigenvalue weighted by atomic mass is 10.1. The third-order valence-electron chi connectivity index (χ3n) is 4.54. The normalized spacial score (nSPS) is 15.4. The predicted octanol–water partition coefficient (Wildman–Crippen LogP) is 1.68.